The second-order valence-corrected chi connectivity index (χ2v) is 10.9. The number of hydrogen-bond donors (Lipinski definition) is 2. The Balaban J connectivity index is 2.21. The third-order valence-electron chi connectivity index (χ3n) is 5.11. The SMILES string of the molecule is CN(C)C(=O)Oc1cccc(NC(=O)C2(NC(=O)OC(C)(C)C)CCN(C(=O)OC(C)(C)C)CC2)c1. The van der Waals surface area contributed by atoms with E-state index in [2.05, 4.69) is 10.6 Å². The van der Waals surface area contributed by atoms with Crippen molar-refractivity contribution in [2.45, 2.75) is 71.1 Å². The Morgan fingerprint density at radius 3 is 2.06 bits per heavy atom. The fraction of sp³-hybridized carbons (Fsp3) is 0.600. The number of piperidine rings is 1. The number of nitrogens with zero attached hydrogens (tertiary/aromatic N) is 2. The fourth-order valence-corrected chi connectivity index (χ4v) is 3.39. The molecule has 0 aliphatic carbocycles. The molecular formula is C25H38N4O7. The highest BCUT2D eigenvalue weighted by atomic mass is 16.6. The number of likely N-dealkylation sites (tertiary alicyclic amines) is 1. The molecule has 11 nitrogen and oxygen atoms in total. The molecule has 0 spiro atoms. The van der Waals surface area contributed by atoms with Gasteiger partial charge in [-0.15, -0.1) is 0 Å². The average Bonchev–Trinajstić information content (AvgIpc) is 2.71. The molecule has 11 heteroatoms. The van der Waals surface area contributed by atoms with Crippen LogP contribution in [0.4, 0.5) is 20.1 Å². The Kier molecular flexibility index (Phi) is 8.82. The van der Waals surface area contributed by atoms with Gasteiger partial charge in [0.15, 0.2) is 0 Å². The van der Waals surface area contributed by atoms with Crippen molar-refractivity contribution in [2.75, 3.05) is 32.5 Å². The van der Waals surface area contributed by atoms with Crippen LogP contribution in [0.5, 0.6) is 5.75 Å². The minimum Gasteiger partial charge on any atom is -0.444 e. The lowest BCUT2D eigenvalue weighted by molar-refractivity contribution is -0.124. The molecule has 1 aromatic carbocycles. The monoisotopic (exact) mass is 506 g/mol. The van der Waals surface area contributed by atoms with Crippen molar-refractivity contribution >= 4 is 29.9 Å². The number of carbonyl (C=O) groups excluding carboxylic acids is 4. The molecule has 2 N–H and O–H groups in total. The molecule has 1 heterocycles. The minimum atomic E-state index is -1.34. The van der Waals surface area contributed by atoms with Crippen molar-refractivity contribution in [1.29, 1.82) is 0 Å². The number of amides is 4. The van der Waals surface area contributed by atoms with E-state index in [4.69, 9.17) is 14.2 Å². The van der Waals surface area contributed by atoms with Gasteiger partial charge in [-0.3, -0.25) is 4.79 Å². The van der Waals surface area contributed by atoms with Crippen molar-refractivity contribution < 1.29 is 33.4 Å². The van der Waals surface area contributed by atoms with Crippen LogP contribution in [-0.4, -0.2) is 77.9 Å². The van der Waals surface area contributed by atoms with Crippen LogP contribution < -0.4 is 15.4 Å². The highest BCUT2D eigenvalue weighted by molar-refractivity contribution is 6.00. The number of alkyl carbamates (subject to hydrolysis) is 1. The standard InChI is InChI=1S/C25H38N4O7/c1-23(2,3)35-20(31)27-25(12-14-29(15-13-25)22(33)36-24(4,5)6)19(30)26-17-10-9-11-18(16-17)34-21(32)28(7)8/h9-11,16H,12-15H2,1-8H3,(H,26,30)(H,27,31). The maximum Gasteiger partial charge on any atom is 0.414 e. The predicted molar refractivity (Wildman–Crippen MR) is 134 cm³/mol. The third kappa shape index (κ3) is 8.62. The molecule has 1 saturated heterocycles. The maximum atomic E-state index is 13.5. The van der Waals surface area contributed by atoms with Crippen molar-refractivity contribution in [3.63, 3.8) is 0 Å². The topological polar surface area (TPSA) is 127 Å². The lowest BCUT2D eigenvalue weighted by atomic mass is 9.86. The molecule has 0 radical (unpaired) electrons. The number of benzene rings is 1. The van der Waals surface area contributed by atoms with E-state index in [1.54, 1.807) is 73.8 Å². The quantitative estimate of drug-likeness (QED) is 0.632. The summed E-state index contributed by atoms with van der Waals surface area (Å²) in [4.78, 5) is 53.3. The van der Waals surface area contributed by atoms with Crippen molar-refractivity contribution in [1.82, 2.24) is 15.1 Å². The van der Waals surface area contributed by atoms with Gasteiger partial charge in [0.05, 0.1) is 0 Å². The molecule has 0 atom stereocenters. The summed E-state index contributed by atoms with van der Waals surface area (Å²) in [5.74, 6) is -0.228. The first kappa shape index (κ1) is 28.7. The minimum absolute atomic E-state index is 0.145. The second-order valence-electron chi connectivity index (χ2n) is 10.9. The molecule has 0 aromatic heterocycles. The number of carbonyl (C=O) groups is 4. The second kappa shape index (κ2) is 11.0. The van der Waals surface area contributed by atoms with Crippen LogP contribution in [-0.2, 0) is 14.3 Å². The summed E-state index contributed by atoms with van der Waals surface area (Å²) in [6.45, 7) is 10.9. The summed E-state index contributed by atoms with van der Waals surface area (Å²) in [6, 6.07) is 6.37. The molecule has 0 bridgehead atoms. The molecule has 36 heavy (non-hydrogen) atoms. The van der Waals surface area contributed by atoms with Crippen molar-refractivity contribution in [2.24, 2.45) is 0 Å². The summed E-state index contributed by atoms with van der Waals surface area (Å²) in [6.07, 6.45) is -1.49. The summed E-state index contributed by atoms with van der Waals surface area (Å²) < 4.78 is 16.1. The van der Waals surface area contributed by atoms with Crippen molar-refractivity contribution in [3.05, 3.63) is 24.3 Å². The zero-order valence-electron chi connectivity index (χ0n) is 22.4. The number of rotatable bonds is 4. The highest BCUT2D eigenvalue weighted by Gasteiger charge is 2.45. The molecular weight excluding hydrogens is 468 g/mol. The van der Waals surface area contributed by atoms with Crippen LogP contribution in [0.2, 0.25) is 0 Å². The predicted octanol–water partition coefficient (Wildman–Crippen LogP) is 3.98. The first-order valence-corrected chi connectivity index (χ1v) is 11.8. The van der Waals surface area contributed by atoms with E-state index in [-0.39, 0.29) is 31.7 Å². The summed E-state index contributed by atoms with van der Waals surface area (Å²) >= 11 is 0. The van der Waals surface area contributed by atoms with E-state index < -0.39 is 40.9 Å². The molecule has 200 valence electrons. The first-order chi connectivity index (χ1) is 16.5. The number of anilines is 1. The number of hydrogen-bond acceptors (Lipinski definition) is 7. The van der Waals surface area contributed by atoms with Crippen LogP contribution in [0.3, 0.4) is 0 Å². The van der Waals surface area contributed by atoms with Crippen LogP contribution in [0, 0.1) is 0 Å². The molecule has 1 aliphatic rings. The lowest BCUT2D eigenvalue weighted by Crippen LogP contribution is -2.63. The smallest absolute Gasteiger partial charge is 0.414 e. The van der Waals surface area contributed by atoms with Crippen LogP contribution >= 0.6 is 0 Å². The lowest BCUT2D eigenvalue weighted by Gasteiger charge is -2.41. The zero-order valence-corrected chi connectivity index (χ0v) is 22.4. The Bertz CT molecular complexity index is 971. The van der Waals surface area contributed by atoms with Gasteiger partial charge < -0.3 is 34.6 Å². The van der Waals surface area contributed by atoms with Gasteiger partial charge in [-0.1, -0.05) is 6.07 Å². The van der Waals surface area contributed by atoms with E-state index in [0.717, 1.165) is 0 Å². The van der Waals surface area contributed by atoms with Gasteiger partial charge in [0.25, 0.3) is 0 Å². The Morgan fingerprint density at radius 1 is 0.944 bits per heavy atom. The summed E-state index contributed by atoms with van der Waals surface area (Å²) in [5, 5.41) is 5.53. The molecule has 1 aromatic rings. The third-order valence-corrected chi connectivity index (χ3v) is 5.11. The molecule has 2 rings (SSSR count). The van der Waals surface area contributed by atoms with Gasteiger partial charge in [-0.25, -0.2) is 14.4 Å². The normalized spacial score (nSPS) is 15.4. The maximum absolute atomic E-state index is 13.5. The van der Waals surface area contributed by atoms with E-state index in [0.29, 0.717) is 5.69 Å². The van der Waals surface area contributed by atoms with Crippen LogP contribution in [0.1, 0.15) is 54.4 Å². The van der Waals surface area contributed by atoms with Gasteiger partial charge in [0.1, 0.15) is 22.5 Å². The molecule has 0 unspecified atom stereocenters. The van der Waals surface area contributed by atoms with E-state index in [1.807, 2.05) is 0 Å². The van der Waals surface area contributed by atoms with Gasteiger partial charge >= 0.3 is 18.3 Å². The fourth-order valence-electron chi connectivity index (χ4n) is 3.39. The van der Waals surface area contributed by atoms with Gasteiger partial charge in [-0.2, -0.15) is 0 Å². The van der Waals surface area contributed by atoms with Crippen LogP contribution in [0.25, 0.3) is 0 Å². The summed E-state index contributed by atoms with van der Waals surface area (Å²) in [5.41, 5.74) is -2.37. The molecule has 4 amide bonds. The van der Waals surface area contributed by atoms with Gasteiger partial charge in [-0.05, 0) is 66.5 Å². The first-order valence-electron chi connectivity index (χ1n) is 11.8. The van der Waals surface area contributed by atoms with Gasteiger partial charge in [0, 0.05) is 38.9 Å². The van der Waals surface area contributed by atoms with Crippen molar-refractivity contribution in [3.8, 4) is 5.75 Å². The Labute approximate surface area is 212 Å². The Hall–Kier alpha value is -3.50. The van der Waals surface area contributed by atoms with Gasteiger partial charge in [0.2, 0.25) is 5.91 Å². The average molecular weight is 507 g/mol. The number of nitrogens with one attached hydrogen (secondary N) is 2. The zero-order chi connectivity index (χ0) is 27.3. The number of ether oxygens (including phenoxy) is 3. The largest absolute Gasteiger partial charge is 0.444 e. The molecule has 0 saturated carbocycles. The van der Waals surface area contributed by atoms with Crippen LogP contribution in [0.15, 0.2) is 24.3 Å². The van der Waals surface area contributed by atoms with E-state index in [1.165, 1.54) is 15.9 Å². The molecule has 1 aliphatic heterocycles. The van der Waals surface area contributed by atoms with E-state index in [9.17, 15) is 19.2 Å². The van der Waals surface area contributed by atoms with E-state index >= 15 is 0 Å². The highest BCUT2D eigenvalue weighted by Crippen LogP contribution is 2.27. The summed E-state index contributed by atoms with van der Waals surface area (Å²) in [7, 11) is 3.12. The Morgan fingerprint density at radius 2 is 1.53 bits per heavy atom. The molecule has 1 fully saturated rings.